The average Bonchev–Trinajstić information content (AvgIpc) is 2.18. The molecule has 5 heteroatoms. The number of nitrogens with zero attached hydrogens (tertiary/aromatic N) is 2. The Hall–Kier alpha value is -1.64. The Labute approximate surface area is 85.7 Å². The Bertz CT molecular complexity index is 411. The number of carbonyl (C=O) groups excluding carboxylic acids is 1. The summed E-state index contributed by atoms with van der Waals surface area (Å²) in [5, 5.41) is 0.417. The quantitative estimate of drug-likeness (QED) is 0.331. The van der Waals surface area contributed by atoms with Crippen LogP contribution in [0.2, 0.25) is 5.02 Å². The standard InChI is InChI=1S/C9H7ClN2O2/c1-14-9-3-2-6(10)4-7(9)8(13)5-12-11/h2-5H,1H3. The van der Waals surface area contributed by atoms with Crippen LogP contribution in [0.15, 0.2) is 18.2 Å². The van der Waals surface area contributed by atoms with Crippen molar-refractivity contribution in [1.29, 1.82) is 0 Å². The number of halogens is 1. The van der Waals surface area contributed by atoms with Gasteiger partial charge in [-0.15, -0.1) is 0 Å². The molecule has 0 heterocycles. The minimum absolute atomic E-state index is 0.262. The van der Waals surface area contributed by atoms with Gasteiger partial charge in [0.25, 0.3) is 5.78 Å². The molecule has 0 unspecified atom stereocenters. The van der Waals surface area contributed by atoms with Crippen molar-refractivity contribution in [2.75, 3.05) is 7.11 Å². The minimum atomic E-state index is -0.466. The van der Waals surface area contributed by atoms with Gasteiger partial charge in [0.2, 0.25) is 0 Å². The van der Waals surface area contributed by atoms with Crippen LogP contribution >= 0.6 is 11.6 Å². The number of ether oxygens (including phenoxy) is 1. The van der Waals surface area contributed by atoms with Gasteiger partial charge in [0.15, 0.2) is 0 Å². The lowest BCUT2D eigenvalue weighted by Crippen LogP contribution is -2.03. The number of Topliss-reactive ketones (excluding diaryl/α,β-unsaturated/α-hetero) is 1. The molecular weight excluding hydrogens is 204 g/mol. The van der Waals surface area contributed by atoms with Gasteiger partial charge >= 0.3 is 6.21 Å². The van der Waals surface area contributed by atoms with E-state index >= 15 is 0 Å². The highest BCUT2D eigenvalue weighted by Crippen LogP contribution is 2.22. The highest BCUT2D eigenvalue weighted by Gasteiger charge is 2.13. The summed E-state index contributed by atoms with van der Waals surface area (Å²) in [6.07, 6.45) is 0.786. The van der Waals surface area contributed by atoms with E-state index < -0.39 is 5.78 Å². The molecule has 1 rings (SSSR count). The molecule has 1 aromatic carbocycles. The van der Waals surface area contributed by atoms with Crippen LogP contribution in [-0.2, 0) is 0 Å². The fourth-order valence-electron chi connectivity index (χ4n) is 0.995. The molecule has 0 atom stereocenters. The number of methoxy groups -OCH3 is 1. The van der Waals surface area contributed by atoms with Crippen molar-refractivity contribution < 1.29 is 14.3 Å². The Morgan fingerprint density at radius 3 is 2.93 bits per heavy atom. The van der Waals surface area contributed by atoms with Gasteiger partial charge in [-0.3, -0.25) is 4.79 Å². The topological polar surface area (TPSA) is 62.7 Å². The summed E-state index contributed by atoms with van der Waals surface area (Å²) in [6, 6.07) is 4.62. The van der Waals surface area contributed by atoms with E-state index in [1.807, 2.05) is 0 Å². The van der Waals surface area contributed by atoms with E-state index in [9.17, 15) is 4.79 Å². The molecular formula is C9H7ClN2O2. The molecule has 1 aromatic rings. The second-order valence-electron chi connectivity index (χ2n) is 2.45. The molecule has 0 fully saturated rings. The zero-order chi connectivity index (χ0) is 10.6. The van der Waals surface area contributed by atoms with E-state index in [1.54, 1.807) is 12.1 Å². The first-order valence-electron chi connectivity index (χ1n) is 3.74. The lowest BCUT2D eigenvalue weighted by molar-refractivity contribution is 0.00232. The molecule has 0 aliphatic carbocycles. The molecule has 0 aromatic heterocycles. The summed E-state index contributed by atoms with van der Waals surface area (Å²) in [7, 11) is 1.44. The lowest BCUT2D eigenvalue weighted by Gasteiger charge is -2.03. The molecule has 0 amide bonds. The average molecular weight is 211 g/mol. The van der Waals surface area contributed by atoms with Gasteiger partial charge in [-0.2, -0.15) is 4.79 Å². The molecule has 0 bridgehead atoms. The number of hydrogen-bond donors (Lipinski definition) is 0. The van der Waals surface area contributed by atoms with Crippen molar-refractivity contribution in [3.05, 3.63) is 34.3 Å². The summed E-state index contributed by atoms with van der Waals surface area (Å²) in [5.74, 6) is -0.0776. The molecule has 0 aliphatic heterocycles. The number of benzene rings is 1. The third kappa shape index (κ3) is 2.19. The predicted octanol–water partition coefficient (Wildman–Crippen LogP) is 1.83. The summed E-state index contributed by atoms with van der Waals surface area (Å²) in [6.45, 7) is 0. The van der Waals surface area contributed by atoms with E-state index in [4.69, 9.17) is 21.9 Å². The fraction of sp³-hybridized carbons (Fsp3) is 0.111. The highest BCUT2D eigenvalue weighted by atomic mass is 35.5. The highest BCUT2D eigenvalue weighted by molar-refractivity contribution is 6.36. The van der Waals surface area contributed by atoms with Crippen molar-refractivity contribution in [2.24, 2.45) is 0 Å². The second-order valence-corrected chi connectivity index (χ2v) is 2.89. The van der Waals surface area contributed by atoms with E-state index in [1.165, 1.54) is 13.2 Å². The van der Waals surface area contributed by atoms with Crippen LogP contribution in [0.3, 0.4) is 0 Å². The molecule has 0 radical (unpaired) electrons. The van der Waals surface area contributed by atoms with E-state index in [-0.39, 0.29) is 5.56 Å². The Morgan fingerprint density at radius 1 is 1.64 bits per heavy atom. The smallest absolute Gasteiger partial charge is 0.328 e. The molecule has 0 N–H and O–H groups in total. The number of ketones is 1. The third-order valence-corrected chi connectivity index (χ3v) is 1.84. The Kier molecular flexibility index (Phi) is 3.40. The summed E-state index contributed by atoms with van der Waals surface area (Å²) >= 11 is 5.70. The third-order valence-electron chi connectivity index (χ3n) is 1.60. The van der Waals surface area contributed by atoms with Gasteiger partial charge in [0, 0.05) is 5.02 Å². The summed E-state index contributed by atoms with van der Waals surface area (Å²) in [5.41, 5.74) is 8.47. The number of carbonyl (C=O) groups is 1. The number of rotatable bonds is 3. The molecule has 72 valence electrons. The zero-order valence-corrected chi connectivity index (χ0v) is 8.15. The van der Waals surface area contributed by atoms with E-state index in [2.05, 4.69) is 4.79 Å². The molecule has 4 nitrogen and oxygen atoms in total. The summed E-state index contributed by atoms with van der Waals surface area (Å²) < 4.78 is 4.95. The first-order valence-corrected chi connectivity index (χ1v) is 4.12. The molecule has 0 saturated heterocycles. The molecule has 0 saturated carbocycles. The maximum Gasteiger partial charge on any atom is 0.328 e. The molecule has 0 spiro atoms. The predicted molar refractivity (Wildman–Crippen MR) is 52.0 cm³/mol. The maximum absolute atomic E-state index is 11.3. The van der Waals surface area contributed by atoms with Crippen LogP contribution in [0.4, 0.5) is 0 Å². The zero-order valence-electron chi connectivity index (χ0n) is 7.40. The Balaban J connectivity index is 3.23. The van der Waals surface area contributed by atoms with Crippen LogP contribution in [0.25, 0.3) is 5.53 Å². The van der Waals surface area contributed by atoms with Crippen LogP contribution in [0.5, 0.6) is 5.75 Å². The minimum Gasteiger partial charge on any atom is -0.496 e. The van der Waals surface area contributed by atoms with Gasteiger partial charge < -0.3 is 10.3 Å². The van der Waals surface area contributed by atoms with Gasteiger partial charge in [0.05, 0.1) is 12.7 Å². The van der Waals surface area contributed by atoms with Crippen molar-refractivity contribution in [2.45, 2.75) is 0 Å². The first kappa shape index (κ1) is 10.4. The Morgan fingerprint density at radius 2 is 2.36 bits per heavy atom. The SMILES string of the molecule is COc1ccc(Cl)cc1C(=O)C=[N+]=[N-]. The van der Waals surface area contributed by atoms with Crippen LogP contribution < -0.4 is 4.74 Å². The summed E-state index contributed by atoms with van der Waals surface area (Å²) in [4.78, 5) is 14.0. The largest absolute Gasteiger partial charge is 0.496 e. The number of hydrogen-bond acceptors (Lipinski definition) is 2. The maximum atomic E-state index is 11.3. The second kappa shape index (κ2) is 4.56. The van der Waals surface area contributed by atoms with Crippen LogP contribution in [-0.4, -0.2) is 23.9 Å². The van der Waals surface area contributed by atoms with E-state index in [0.29, 0.717) is 10.8 Å². The van der Waals surface area contributed by atoms with Crippen molar-refractivity contribution in [3.8, 4) is 5.75 Å². The molecule has 0 aliphatic rings. The lowest BCUT2D eigenvalue weighted by atomic mass is 10.1. The van der Waals surface area contributed by atoms with Gasteiger partial charge in [0.1, 0.15) is 5.75 Å². The fourth-order valence-corrected chi connectivity index (χ4v) is 1.17. The van der Waals surface area contributed by atoms with Gasteiger partial charge in [-0.25, -0.2) is 0 Å². The van der Waals surface area contributed by atoms with Gasteiger partial charge in [-0.1, -0.05) is 11.6 Å². The molecule has 14 heavy (non-hydrogen) atoms. The van der Waals surface area contributed by atoms with E-state index in [0.717, 1.165) is 6.21 Å². The first-order chi connectivity index (χ1) is 6.69. The monoisotopic (exact) mass is 210 g/mol. The van der Waals surface area contributed by atoms with Crippen molar-refractivity contribution in [1.82, 2.24) is 0 Å². The van der Waals surface area contributed by atoms with Crippen LogP contribution in [0, 0.1) is 0 Å². The van der Waals surface area contributed by atoms with Gasteiger partial charge in [-0.05, 0) is 18.2 Å². The van der Waals surface area contributed by atoms with Crippen LogP contribution in [0.1, 0.15) is 10.4 Å². The van der Waals surface area contributed by atoms with Crippen molar-refractivity contribution >= 4 is 23.6 Å². The van der Waals surface area contributed by atoms with Crippen molar-refractivity contribution in [3.63, 3.8) is 0 Å². The normalized spacial score (nSPS) is 9.00.